The summed E-state index contributed by atoms with van der Waals surface area (Å²) in [4.78, 5) is 12.9. The lowest BCUT2D eigenvalue weighted by Crippen LogP contribution is -2.08. The first-order valence-electron chi connectivity index (χ1n) is 10.2. The maximum atomic E-state index is 13.5. The number of methoxy groups -OCH3 is 1. The van der Waals surface area contributed by atoms with Crippen molar-refractivity contribution in [2.45, 2.75) is 43.1 Å². The molecule has 7 heteroatoms. The van der Waals surface area contributed by atoms with Crippen LogP contribution in [-0.2, 0) is 5.75 Å². The van der Waals surface area contributed by atoms with E-state index in [1.807, 2.05) is 12.1 Å². The number of rotatable bonds is 7. The average molecular weight is 425 g/mol. The standard InChI is InChI=1S/C23H25FN4OS/c1-29-21-13-17(24)10-11-20(21)22-25-15-26-23(28-22)27-18-7-5-6-16(12-18)14-30-19-8-3-2-4-9-19/h5-7,10-13,15,19H,2-4,8-9,14H2,1H3,(H,25,26,27,28). The van der Waals surface area contributed by atoms with E-state index in [4.69, 9.17) is 4.74 Å². The number of hydrogen-bond donors (Lipinski definition) is 1. The van der Waals surface area contributed by atoms with Crippen molar-refractivity contribution in [1.82, 2.24) is 15.0 Å². The van der Waals surface area contributed by atoms with Crippen molar-refractivity contribution in [3.8, 4) is 17.1 Å². The maximum absolute atomic E-state index is 13.5. The average Bonchev–Trinajstić information content (AvgIpc) is 2.79. The number of halogens is 1. The van der Waals surface area contributed by atoms with E-state index >= 15 is 0 Å². The zero-order chi connectivity index (χ0) is 20.8. The molecule has 0 radical (unpaired) electrons. The molecule has 1 aliphatic rings. The van der Waals surface area contributed by atoms with Gasteiger partial charge in [-0.25, -0.2) is 14.4 Å². The van der Waals surface area contributed by atoms with E-state index < -0.39 is 0 Å². The summed E-state index contributed by atoms with van der Waals surface area (Å²) in [5.41, 5.74) is 2.83. The predicted octanol–water partition coefficient (Wildman–Crippen LogP) is 6.00. The van der Waals surface area contributed by atoms with Crippen LogP contribution in [0, 0.1) is 5.82 Å². The van der Waals surface area contributed by atoms with Gasteiger partial charge in [0.2, 0.25) is 5.95 Å². The Morgan fingerprint density at radius 3 is 2.80 bits per heavy atom. The number of thioether (sulfide) groups is 1. The van der Waals surface area contributed by atoms with E-state index in [-0.39, 0.29) is 5.82 Å². The Bertz CT molecular complexity index is 994. The fourth-order valence-corrected chi connectivity index (χ4v) is 4.92. The van der Waals surface area contributed by atoms with Crippen LogP contribution in [-0.4, -0.2) is 27.3 Å². The topological polar surface area (TPSA) is 59.9 Å². The number of nitrogens with zero attached hydrogens (tertiary/aromatic N) is 3. The molecule has 1 N–H and O–H groups in total. The number of ether oxygens (including phenoxy) is 1. The molecule has 0 spiro atoms. The zero-order valence-electron chi connectivity index (χ0n) is 17.0. The second-order valence-electron chi connectivity index (χ2n) is 7.37. The van der Waals surface area contributed by atoms with Crippen molar-refractivity contribution in [2.75, 3.05) is 12.4 Å². The fourth-order valence-electron chi connectivity index (χ4n) is 3.65. The Morgan fingerprint density at radius 1 is 1.10 bits per heavy atom. The smallest absolute Gasteiger partial charge is 0.230 e. The van der Waals surface area contributed by atoms with Crippen molar-refractivity contribution in [3.63, 3.8) is 0 Å². The van der Waals surface area contributed by atoms with Crippen LogP contribution in [0.1, 0.15) is 37.7 Å². The third kappa shape index (κ3) is 5.27. The molecule has 0 atom stereocenters. The third-order valence-electron chi connectivity index (χ3n) is 5.20. The van der Waals surface area contributed by atoms with Gasteiger partial charge >= 0.3 is 0 Å². The lowest BCUT2D eigenvalue weighted by Gasteiger charge is -2.21. The van der Waals surface area contributed by atoms with Crippen LogP contribution < -0.4 is 10.1 Å². The molecular formula is C23H25FN4OS. The molecule has 0 unspecified atom stereocenters. The van der Waals surface area contributed by atoms with Gasteiger partial charge in [-0.1, -0.05) is 31.4 Å². The summed E-state index contributed by atoms with van der Waals surface area (Å²) >= 11 is 2.06. The van der Waals surface area contributed by atoms with Crippen molar-refractivity contribution in [2.24, 2.45) is 0 Å². The molecule has 0 bridgehead atoms. The van der Waals surface area contributed by atoms with Gasteiger partial charge in [-0.3, -0.25) is 0 Å². The highest BCUT2D eigenvalue weighted by molar-refractivity contribution is 7.99. The summed E-state index contributed by atoms with van der Waals surface area (Å²) in [7, 11) is 1.50. The Morgan fingerprint density at radius 2 is 1.97 bits per heavy atom. The van der Waals surface area contributed by atoms with Crippen LogP contribution in [0.25, 0.3) is 11.4 Å². The molecule has 1 saturated carbocycles. The first-order valence-corrected chi connectivity index (χ1v) is 11.3. The molecule has 0 aliphatic heterocycles. The summed E-state index contributed by atoms with van der Waals surface area (Å²) in [5, 5.41) is 4.04. The highest BCUT2D eigenvalue weighted by Gasteiger charge is 2.14. The molecule has 2 aromatic carbocycles. The third-order valence-corrected chi connectivity index (χ3v) is 6.64. The number of anilines is 2. The van der Waals surface area contributed by atoms with Crippen molar-refractivity contribution < 1.29 is 9.13 Å². The molecule has 156 valence electrons. The molecule has 1 aliphatic carbocycles. The van der Waals surface area contributed by atoms with Crippen LogP contribution in [0.4, 0.5) is 16.0 Å². The number of nitrogens with one attached hydrogen (secondary N) is 1. The Balaban J connectivity index is 1.46. The van der Waals surface area contributed by atoms with E-state index in [9.17, 15) is 4.39 Å². The van der Waals surface area contributed by atoms with E-state index in [1.165, 1.54) is 63.2 Å². The first kappa shape index (κ1) is 20.6. The quantitative estimate of drug-likeness (QED) is 0.502. The molecule has 30 heavy (non-hydrogen) atoms. The van der Waals surface area contributed by atoms with E-state index in [0.29, 0.717) is 23.1 Å². The second-order valence-corrected chi connectivity index (χ2v) is 8.66. The molecule has 1 aromatic heterocycles. The van der Waals surface area contributed by atoms with Gasteiger partial charge in [0.15, 0.2) is 5.82 Å². The van der Waals surface area contributed by atoms with E-state index in [2.05, 4.69) is 44.2 Å². The molecule has 5 nitrogen and oxygen atoms in total. The first-order chi connectivity index (χ1) is 14.7. The summed E-state index contributed by atoms with van der Waals surface area (Å²) in [6, 6.07) is 12.6. The molecule has 4 rings (SSSR count). The van der Waals surface area contributed by atoms with Gasteiger partial charge in [0, 0.05) is 22.8 Å². The highest BCUT2D eigenvalue weighted by Crippen LogP contribution is 2.31. The number of aromatic nitrogens is 3. The Hall–Kier alpha value is -2.67. The van der Waals surface area contributed by atoms with Gasteiger partial charge in [0.05, 0.1) is 12.7 Å². The molecule has 0 saturated heterocycles. The Kier molecular flexibility index (Phi) is 6.79. The van der Waals surface area contributed by atoms with E-state index in [1.54, 1.807) is 6.07 Å². The lowest BCUT2D eigenvalue weighted by molar-refractivity contribution is 0.412. The summed E-state index contributed by atoms with van der Waals surface area (Å²) < 4.78 is 18.8. The summed E-state index contributed by atoms with van der Waals surface area (Å²) in [5.74, 6) is 1.88. The number of benzene rings is 2. The van der Waals surface area contributed by atoms with Crippen molar-refractivity contribution >= 4 is 23.4 Å². The zero-order valence-corrected chi connectivity index (χ0v) is 17.8. The van der Waals surface area contributed by atoms with Gasteiger partial charge < -0.3 is 10.1 Å². The largest absolute Gasteiger partial charge is 0.496 e. The molecule has 0 amide bonds. The molecule has 3 aromatic rings. The minimum absolute atomic E-state index is 0.370. The minimum Gasteiger partial charge on any atom is -0.496 e. The normalized spacial score (nSPS) is 14.5. The summed E-state index contributed by atoms with van der Waals surface area (Å²) in [6.07, 6.45) is 8.22. The monoisotopic (exact) mass is 424 g/mol. The number of hydrogen-bond acceptors (Lipinski definition) is 6. The lowest BCUT2D eigenvalue weighted by atomic mass is 10.0. The van der Waals surface area contributed by atoms with Gasteiger partial charge in [-0.05, 0) is 42.7 Å². The second kappa shape index (κ2) is 9.89. The summed E-state index contributed by atoms with van der Waals surface area (Å²) in [6.45, 7) is 0. The van der Waals surface area contributed by atoms with Gasteiger partial charge in [0.25, 0.3) is 0 Å². The van der Waals surface area contributed by atoms with Gasteiger partial charge in [0.1, 0.15) is 17.9 Å². The molecular weight excluding hydrogens is 399 g/mol. The predicted molar refractivity (Wildman–Crippen MR) is 120 cm³/mol. The van der Waals surface area contributed by atoms with Crippen LogP contribution in [0.3, 0.4) is 0 Å². The molecule has 1 fully saturated rings. The van der Waals surface area contributed by atoms with Gasteiger partial charge in [-0.2, -0.15) is 16.7 Å². The minimum atomic E-state index is -0.370. The van der Waals surface area contributed by atoms with Crippen molar-refractivity contribution in [1.29, 1.82) is 0 Å². The van der Waals surface area contributed by atoms with Crippen LogP contribution in [0.5, 0.6) is 5.75 Å². The maximum Gasteiger partial charge on any atom is 0.230 e. The van der Waals surface area contributed by atoms with Gasteiger partial charge in [-0.15, -0.1) is 0 Å². The van der Waals surface area contributed by atoms with Crippen LogP contribution in [0.2, 0.25) is 0 Å². The SMILES string of the molecule is COc1cc(F)ccc1-c1ncnc(Nc2cccc(CSC3CCCCC3)c2)n1. The van der Waals surface area contributed by atoms with E-state index in [0.717, 1.165) is 16.7 Å². The Labute approximate surface area is 180 Å². The van der Waals surface area contributed by atoms with Crippen LogP contribution in [0.15, 0.2) is 48.8 Å². The highest BCUT2D eigenvalue weighted by atomic mass is 32.2. The van der Waals surface area contributed by atoms with Crippen LogP contribution >= 0.6 is 11.8 Å². The molecule has 1 heterocycles. The fraction of sp³-hybridized carbons (Fsp3) is 0.348. The van der Waals surface area contributed by atoms with Crippen molar-refractivity contribution in [3.05, 3.63) is 60.2 Å².